The minimum absolute atomic E-state index is 0.105. The number of ether oxygens (including phenoxy) is 1. The van der Waals surface area contributed by atoms with Crippen LogP contribution in [0, 0.1) is 0 Å². The van der Waals surface area contributed by atoms with Crippen molar-refractivity contribution in [3.05, 3.63) is 29.9 Å². The third-order valence-electron chi connectivity index (χ3n) is 3.86. The molecule has 2 aliphatic rings. The first-order valence-corrected chi connectivity index (χ1v) is 7.14. The molecule has 3 rings (SSSR count). The summed E-state index contributed by atoms with van der Waals surface area (Å²) in [6.07, 6.45) is -5.12. The van der Waals surface area contributed by atoms with Crippen LogP contribution in [0.3, 0.4) is 0 Å². The Morgan fingerprint density at radius 1 is 1.21 bits per heavy atom. The van der Waals surface area contributed by atoms with Crippen molar-refractivity contribution >= 4 is 18.0 Å². The maximum Gasteiger partial charge on any atom is 0.331 e. The smallest absolute Gasteiger partial charge is 0.331 e. The molecule has 1 aromatic heterocycles. The summed E-state index contributed by atoms with van der Waals surface area (Å²) in [5.74, 6) is -0.477. The number of hydrogen-bond acceptors (Lipinski definition) is 8. The Kier molecular flexibility index (Phi) is 4.39. The SMILES string of the molecule is O=C1N/C(=C/c2ccco2)C(=O)N1[C@@H]1O[C@H](CO)[C@@H](O)[C@H](O)[C@H]1O. The Bertz CT molecular complexity index is 656. The minimum Gasteiger partial charge on any atom is -0.465 e. The lowest BCUT2D eigenvalue weighted by Gasteiger charge is -2.42. The van der Waals surface area contributed by atoms with Crippen LogP contribution in [0.15, 0.2) is 28.5 Å². The van der Waals surface area contributed by atoms with Crippen molar-refractivity contribution in [3.63, 3.8) is 0 Å². The van der Waals surface area contributed by atoms with E-state index in [2.05, 4.69) is 5.32 Å². The molecule has 10 nitrogen and oxygen atoms in total. The molecule has 3 amide bonds. The first-order valence-electron chi connectivity index (χ1n) is 7.14. The molecule has 3 heterocycles. The number of amides is 3. The van der Waals surface area contributed by atoms with Crippen molar-refractivity contribution < 1.29 is 39.2 Å². The van der Waals surface area contributed by atoms with Crippen molar-refractivity contribution in [2.24, 2.45) is 0 Å². The van der Waals surface area contributed by atoms with Gasteiger partial charge in [0.25, 0.3) is 5.91 Å². The lowest BCUT2D eigenvalue weighted by atomic mass is 9.98. The second-order valence-electron chi connectivity index (χ2n) is 5.40. The lowest BCUT2D eigenvalue weighted by molar-refractivity contribution is -0.253. The maximum absolute atomic E-state index is 12.4. The molecule has 0 unspecified atom stereocenters. The van der Waals surface area contributed by atoms with Gasteiger partial charge in [0.05, 0.1) is 12.9 Å². The fraction of sp³-hybridized carbons (Fsp3) is 0.429. The van der Waals surface area contributed by atoms with E-state index in [4.69, 9.17) is 9.15 Å². The van der Waals surface area contributed by atoms with Crippen LogP contribution in [0.1, 0.15) is 5.76 Å². The fourth-order valence-electron chi connectivity index (χ4n) is 2.59. The molecule has 5 N–H and O–H groups in total. The summed E-state index contributed by atoms with van der Waals surface area (Å²) in [5.41, 5.74) is -0.105. The zero-order valence-electron chi connectivity index (χ0n) is 12.3. The van der Waals surface area contributed by atoms with E-state index in [9.17, 15) is 30.0 Å². The lowest BCUT2D eigenvalue weighted by Crippen LogP contribution is -2.64. The summed E-state index contributed by atoms with van der Waals surface area (Å²) >= 11 is 0. The number of nitrogens with one attached hydrogen (secondary N) is 1. The molecular weight excluding hydrogens is 324 g/mol. The van der Waals surface area contributed by atoms with E-state index in [1.165, 1.54) is 12.3 Å². The first kappa shape index (κ1) is 16.6. The summed E-state index contributed by atoms with van der Waals surface area (Å²) in [6, 6.07) is 2.30. The molecular formula is C14H16N2O8. The predicted molar refractivity (Wildman–Crippen MR) is 75.8 cm³/mol. The van der Waals surface area contributed by atoms with Gasteiger partial charge in [0.2, 0.25) is 0 Å². The van der Waals surface area contributed by atoms with Crippen LogP contribution in [-0.4, -0.2) is 74.5 Å². The predicted octanol–water partition coefficient (Wildman–Crippen LogP) is -2.03. The molecule has 0 aromatic carbocycles. The van der Waals surface area contributed by atoms with E-state index in [0.29, 0.717) is 10.7 Å². The minimum atomic E-state index is -1.74. The van der Waals surface area contributed by atoms with E-state index >= 15 is 0 Å². The molecule has 2 aliphatic heterocycles. The summed E-state index contributed by atoms with van der Waals surface area (Å²) < 4.78 is 10.3. The molecule has 2 saturated heterocycles. The van der Waals surface area contributed by atoms with Gasteiger partial charge in [0.15, 0.2) is 6.23 Å². The molecule has 0 spiro atoms. The Labute approximate surface area is 135 Å². The number of carbonyl (C=O) groups is 2. The van der Waals surface area contributed by atoms with Crippen molar-refractivity contribution in [2.45, 2.75) is 30.6 Å². The summed E-state index contributed by atoms with van der Waals surface area (Å²) in [6.45, 7) is -0.666. The van der Waals surface area contributed by atoms with Gasteiger partial charge in [-0.3, -0.25) is 4.79 Å². The largest absolute Gasteiger partial charge is 0.465 e. The average Bonchev–Trinajstić information content (AvgIpc) is 3.16. The molecule has 0 radical (unpaired) electrons. The fourth-order valence-corrected chi connectivity index (χ4v) is 2.59. The topological polar surface area (TPSA) is 153 Å². The number of aliphatic hydroxyl groups excluding tert-OH is 4. The van der Waals surface area contributed by atoms with Gasteiger partial charge < -0.3 is 34.9 Å². The number of urea groups is 1. The van der Waals surface area contributed by atoms with Gasteiger partial charge in [-0.2, -0.15) is 0 Å². The van der Waals surface area contributed by atoms with E-state index in [0.717, 1.165) is 0 Å². The number of nitrogens with zero attached hydrogens (tertiary/aromatic N) is 1. The number of imide groups is 1. The molecule has 0 saturated carbocycles. The monoisotopic (exact) mass is 340 g/mol. The van der Waals surface area contributed by atoms with Gasteiger partial charge in [-0.1, -0.05) is 0 Å². The van der Waals surface area contributed by atoms with Gasteiger partial charge in [0.1, 0.15) is 35.9 Å². The van der Waals surface area contributed by atoms with Crippen LogP contribution in [0.2, 0.25) is 0 Å². The van der Waals surface area contributed by atoms with Crippen molar-refractivity contribution in [1.29, 1.82) is 0 Å². The molecule has 0 bridgehead atoms. The third kappa shape index (κ3) is 2.70. The molecule has 0 aliphatic carbocycles. The molecule has 2 fully saturated rings. The highest BCUT2D eigenvalue weighted by Gasteiger charge is 2.51. The highest BCUT2D eigenvalue weighted by Crippen LogP contribution is 2.27. The molecule has 1 aromatic rings. The number of furan rings is 1. The molecule has 130 valence electrons. The Balaban J connectivity index is 1.86. The van der Waals surface area contributed by atoms with Crippen molar-refractivity contribution in [2.75, 3.05) is 6.61 Å². The Hall–Kier alpha value is -2.24. The quantitative estimate of drug-likeness (QED) is 0.312. The molecule has 24 heavy (non-hydrogen) atoms. The standard InChI is InChI=1S/C14H16N2O8/c17-5-8-9(18)10(19)11(20)13(24-8)16-12(21)7(15-14(16)22)4-6-2-1-3-23-6/h1-4,8-11,13,17-20H,5H2,(H,15,22)/b7-4+/t8-,9-,10+,11-,13-/m1/s1. The maximum atomic E-state index is 12.4. The zero-order valence-corrected chi connectivity index (χ0v) is 12.3. The third-order valence-corrected chi connectivity index (χ3v) is 3.86. The van der Waals surface area contributed by atoms with Gasteiger partial charge in [-0.25, -0.2) is 9.69 Å². The summed E-state index contributed by atoms with van der Waals surface area (Å²) in [7, 11) is 0. The Morgan fingerprint density at radius 3 is 2.58 bits per heavy atom. The van der Waals surface area contributed by atoms with E-state index < -0.39 is 49.2 Å². The van der Waals surface area contributed by atoms with E-state index in [1.54, 1.807) is 12.1 Å². The number of rotatable bonds is 3. The first-order chi connectivity index (χ1) is 11.4. The van der Waals surface area contributed by atoms with Crippen molar-refractivity contribution in [3.8, 4) is 0 Å². The molecule has 10 heteroatoms. The average molecular weight is 340 g/mol. The van der Waals surface area contributed by atoms with E-state index in [-0.39, 0.29) is 5.70 Å². The highest BCUT2D eigenvalue weighted by atomic mass is 16.6. The Morgan fingerprint density at radius 2 is 1.96 bits per heavy atom. The van der Waals surface area contributed by atoms with Gasteiger partial charge in [-0.15, -0.1) is 0 Å². The number of hydrogen-bond donors (Lipinski definition) is 5. The van der Waals surface area contributed by atoms with Crippen LogP contribution >= 0.6 is 0 Å². The van der Waals surface area contributed by atoms with Gasteiger partial charge >= 0.3 is 6.03 Å². The second-order valence-corrected chi connectivity index (χ2v) is 5.40. The number of carbonyl (C=O) groups excluding carboxylic acids is 2. The highest BCUT2D eigenvalue weighted by molar-refractivity contribution is 6.14. The zero-order chi connectivity index (χ0) is 17.4. The van der Waals surface area contributed by atoms with Crippen LogP contribution in [-0.2, 0) is 9.53 Å². The summed E-state index contributed by atoms with van der Waals surface area (Å²) in [4.78, 5) is 25.1. The van der Waals surface area contributed by atoms with Crippen LogP contribution < -0.4 is 5.32 Å². The van der Waals surface area contributed by atoms with Crippen LogP contribution in [0.4, 0.5) is 4.79 Å². The second kappa shape index (κ2) is 6.34. The van der Waals surface area contributed by atoms with Crippen LogP contribution in [0.25, 0.3) is 6.08 Å². The van der Waals surface area contributed by atoms with Gasteiger partial charge in [0, 0.05) is 6.08 Å². The van der Waals surface area contributed by atoms with E-state index in [1.807, 2.05) is 0 Å². The van der Waals surface area contributed by atoms with Crippen molar-refractivity contribution in [1.82, 2.24) is 10.2 Å². The molecule has 5 atom stereocenters. The summed E-state index contributed by atoms with van der Waals surface area (Å²) in [5, 5.41) is 41.1. The van der Waals surface area contributed by atoms with Gasteiger partial charge in [-0.05, 0) is 12.1 Å². The van der Waals surface area contributed by atoms with Crippen LogP contribution in [0.5, 0.6) is 0 Å². The normalized spacial score (nSPS) is 35.6. The number of aliphatic hydroxyl groups is 4.